The molecule has 2 N–H and O–H groups in total. The molecule has 0 aromatic carbocycles. The van der Waals surface area contributed by atoms with Gasteiger partial charge in [-0.1, -0.05) is 13.8 Å². The molecule has 19 heavy (non-hydrogen) atoms. The Labute approximate surface area is 114 Å². The standard InChI is InChI=1S/C14H25NO4/c1-3-12(4-2)15(7-8-16)13(17)10-5-6-11(9-10)14(18)19/h10-12,16H,3-9H2,1-2H3,(H,18,19). The molecule has 1 rings (SSSR count). The van der Waals surface area contributed by atoms with Gasteiger partial charge in [0.1, 0.15) is 0 Å². The molecule has 0 radical (unpaired) electrons. The average Bonchev–Trinajstić information content (AvgIpc) is 2.88. The van der Waals surface area contributed by atoms with Crippen molar-refractivity contribution in [2.24, 2.45) is 11.8 Å². The predicted molar refractivity (Wildman–Crippen MR) is 71.6 cm³/mol. The van der Waals surface area contributed by atoms with E-state index in [1.54, 1.807) is 4.90 Å². The molecule has 5 heteroatoms. The first-order valence-corrected chi connectivity index (χ1v) is 7.19. The van der Waals surface area contributed by atoms with E-state index in [1.165, 1.54) is 0 Å². The van der Waals surface area contributed by atoms with Gasteiger partial charge in [0.05, 0.1) is 12.5 Å². The highest BCUT2D eigenvalue weighted by Crippen LogP contribution is 2.33. The predicted octanol–water partition coefficient (Wildman–Crippen LogP) is 1.50. The quantitative estimate of drug-likeness (QED) is 0.735. The van der Waals surface area contributed by atoms with E-state index in [1.807, 2.05) is 13.8 Å². The maximum Gasteiger partial charge on any atom is 0.306 e. The van der Waals surface area contributed by atoms with E-state index in [0.29, 0.717) is 25.8 Å². The Morgan fingerprint density at radius 2 is 1.79 bits per heavy atom. The number of carbonyl (C=O) groups is 2. The lowest BCUT2D eigenvalue weighted by Crippen LogP contribution is -2.44. The molecular weight excluding hydrogens is 246 g/mol. The molecule has 110 valence electrons. The summed E-state index contributed by atoms with van der Waals surface area (Å²) < 4.78 is 0. The second-order valence-corrected chi connectivity index (χ2v) is 5.27. The van der Waals surface area contributed by atoms with Crippen LogP contribution in [0.25, 0.3) is 0 Å². The van der Waals surface area contributed by atoms with Gasteiger partial charge in [-0.25, -0.2) is 0 Å². The lowest BCUT2D eigenvalue weighted by molar-refractivity contribution is -0.142. The maximum absolute atomic E-state index is 12.5. The van der Waals surface area contributed by atoms with Crippen LogP contribution < -0.4 is 0 Å². The number of carboxylic acids is 1. The summed E-state index contributed by atoms with van der Waals surface area (Å²) in [5.41, 5.74) is 0. The molecule has 0 aliphatic heterocycles. The molecule has 0 saturated heterocycles. The molecule has 1 saturated carbocycles. The van der Waals surface area contributed by atoms with Gasteiger partial charge in [-0.3, -0.25) is 9.59 Å². The van der Waals surface area contributed by atoms with Crippen LogP contribution in [-0.4, -0.2) is 46.2 Å². The Kier molecular flexibility index (Phi) is 6.28. The number of aliphatic carboxylic acids is 1. The van der Waals surface area contributed by atoms with Crippen LogP contribution in [0, 0.1) is 11.8 Å². The third-order valence-electron chi connectivity index (χ3n) is 4.14. The zero-order valence-corrected chi connectivity index (χ0v) is 11.8. The van der Waals surface area contributed by atoms with Crippen LogP contribution in [0.3, 0.4) is 0 Å². The number of hydrogen-bond acceptors (Lipinski definition) is 3. The van der Waals surface area contributed by atoms with Gasteiger partial charge >= 0.3 is 5.97 Å². The minimum atomic E-state index is -0.799. The second kappa shape index (κ2) is 7.48. The van der Waals surface area contributed by atoms with Crippen molar-refractivity contribution in [1.29, 1.82) is 0 Å². The second-order valence-electron chi connectivity index (χ2n) is 5.27. The molecule has 1 aliphatic rings. The van der Waals surface area contributed by atoms with Crippen LogP contribution in [0.5, 0.6) is 0 Å². The maximum atomic E-state index is 12.5. The van der Waals surface area contributed by atoms with Gasteiger partial charge in [0.25, 0.3) is 0 Å². The number of carboxylic acid groups (broad SMARTS) is 1. The van der Waals surface area contributed by atoms with Crippen molar-refractivity contribution in [3.63, 3.8) is 0 Å². The summed E-state index contributed by atoms with van der Waals surface area (Å²) in [7, 11) is 0. The van der Waals surface area contributed by atoms with E-state index in [0.717, 1.165) is 12.8 Å². The summed E-state index contributed by atoms with van der Waals surface area (Å²) in [6, 6.07) is 0.142. The first kappa shape index (κ1) is 16.0. The summed E-state index contributed by atoms with van der Waals surface area (Å²) in [6.45, 7) is 4.36. The van der Waals surface area contributed by atoms with Crippen LogP contribution in [-0.2, 0) is 9.59 Å². The monoisotopic (exact) mass is 271 g/mol. The molecule has 1 fully saturated rings. The Hall–Kier alpha value is -1.10. The van der Waals surface area contributed by atoms with Crippen molar-refractivity contribution in [3.8, 4) is 0 Å². The molecule has 0 spiro atoms. The Morgan fingerprint density at radius 3 is 2.21 bits per heavy atom. The van der Waals surface area contributed by atoms with Crippen LogP contribution in [0.15, 0.2) is 0 Å². The molecule has 0 bridgehead atoms. The van der Waals surface area contributed by atoms with Gasteiger partial charge in [-0.2, -0.15) is 0 Å². The first-order valence-electron chi connectivity index (χ1n) is 7.19. The number of aliphatic hydroxyl groups excluding tert-OH is 1. The molecule has 1 aliphatic carbocycles. The van der Waals surface area contributed by atoms with E-state index >= 15 is 0 Å². The van der Waals surface area contributed by atoms with Crippen LogP contribution in [0.4, 0.5) is 0 Å². The summed E-state index contributed by atoms with van der Waals surface area (Å²) >= 11 is 0. The van der Waals surface area contributed by atoms with Crippen molar-refractivity contribution in [3.05, 3.63) is 0 Å². The fraction of sp³-hybridized carbons (Fsp3) is 0.857. The number of hydrogen-bond donors (Lipinski definition) is 2. The van der Waals surface area contributed by atoms with Gasteiger partial charge in [-0.15, -0.1) is 0 Å². The summed E-state index contributed by atoms with van der Waals surface area (Å²) in [5.74, 6) is -1.35. The first-order chi connectivity index (χ1) is 9.04. The molecule has 0 heterocycles. The number of carbonyl (C=O) groups excluding carboxylic acids is 1. The average molecular weight is 271 g/mol. The fourth-order valence-electron chi connectivity index (χ4n) is 2.97. The molecule has 0 aromatic heterocycles. The van der Waals surface area contributed by atoms with Crippen molar-refractivity contribution >= 4 is 11.9 Å². The number of nitrogens with zero attached hydrogens (tertiary/aromatic N) is 1. The number of rotatable bonds is 7. The Bertz CT molecular complexity index is 315. The molecular formula is C14H25NO4. The Morgan fingerprint density at radius 1 is 1.21 bits per heavy atom. The van der Waals surface area contributed by atoms with E-state index in [4.69, 9.17) is 10.2 Å². The largest absolute Gasteiger partial charge is 0.481 e. The van der Waals surface area contributed by atoms with Crippen LogP contribution in [0.1, 0.15) is 46.0 Å². The van der Waals surface area contributed by atoms with Gasteiger partial charge in [0, 0.05) is 18.5 Å². The van der Waals surface area contributed by atoms with Crippen molar-refractivity contribution in [1.82, 2.24) is 4.90 Å². The third kappa shape index (κ3) is 3.93. The topological polar surface area (TPSA) is 77.8 Å². The Balaban J connectivity index is 2.69. The summed E-state index contributed by atoms with van der Waals surface area (Å²) in [6.07, 6.45) is 3.39. The third-order valence-corrected chi connectivity index (χ3v) is 4.14. The highest BCUT2D eigenvalue weighted by Gasteiger charge is 2.36. The van der Waals surface area contributed by atoms with Gasteiger partial charge in [0.15, 0.2) is 0 Å². The molecule has 1 amide bonds. The summed E-state index contributed by atoms with van der Waals surface area (Å²) in [5, 5.41) is 18.1. The van der Waals surface area contributed by atoms with E-state index < -0.39 is 5.97 Å². The zero-order valence-electron chi connectivity index (χ0n) is 11.8. The smallest absolute Gasteiger partial charge is 0.306 e. The highest BCUT2D eigenvalue weighted by molar-refractivity contribution is 5.81. The van der Waals surface area contributed by atoms with Crippen molar-refractivity contribution in [2.45, 2.75) is 52.0 Å². The van der Waals surface area contributed by atoms with E-state index in [9.17, 15) is 9.59 Å². The van der Waals surface area contributed by atoms with Gasteiger partial charge in [0.2, 0.25) is 5.91 Å². The van der Waals surface area contributed by atoms with Gasteiger partial charge in [-0.05, 0) is 32.1 Å². The molecule has 0 aromatic rings. The van der Waals surface area contributed by atoms with Crippen molar-refractivity contribution in [2.75, 3.05) is 13.2 Å². The lowest BCUT2D eigenvalue weighted by atomic mass is 10.0. The minimum Gasteiger partial charge on any atom is -0.481 e. The highest BCUT2D eigenvalue weighted by atomic mass is 16.4. The number of amides is 1. The van der Waals surface area contributed by atoms with Crippen LogP contribution in [0.2, 0.25) is 0 Å². The van der Waals surface area contributed by atoms with Crippen LogP contribution >= 0.6 is 0 Å². The zero-order chi connectivity index (χ0) is 14.4. The van der Waals surface area contributed by atoms with E-state index in [2.05, 4.69) is 0 Å². The van der Waals surface area contributed by atoms with Crippen molar-refractivity contribution < 1.29 is 19.8 Å². The molecule has 2 unspecified atom stereocenters. The normalized spacial score (nSPS) is 22.7. The SMILES string of the molecule is CCC(CC)N(CCO)C(=O)C1CCC(C(=O)O)C1. The minimum absolute atomic E-state index is 0.0199. The van der Waals surface area contributed by atoms with E-state index in [-0.39, 0.29) is 30.4 Å². The molecule has 5 nitrogen and oxygen atoms in total. The molecule has 2 atom stereocenters. The lowest BCUT2D eigenvalue weighted by Gasteiger charge is -2.32. The summed E-state index contributed by atoms with van der Waals surface area (Å²) in [4.78, 5) is 25.2. The fourth-order valence-corrected chi connectivity index (χ4v) is 2.97. The number of aliphatic hydroxyl groups is 1. The van der Waals surface area contributed by atoms with Gasteiger partial charge < -0.3 is 15.1 Å².